The number of carbonyl (C=O) groups is 1. The van der Waals surface area contributed by atoms with Gasteiger partial charge in [0.2, 0.25) is 5.91 Å². The summed E-state index contributed by atoms with van der Waals surface area (Å²) >= 11 is 9.36. The zero-order valence-corrected chi connectivity index (χ0v) is 15.4. The molecule has 128 valence electrons. The van der Waals surface area contributed by atoms with Gasteiger partial charge in [-0.25, -0.2) is 9.37 Å². The Labute approximate surface area is 157 Å². The van der Waals surface area contributed by atoms with Crippen LogP contribution in [0, 0.1) is 5.82 Å². The Kier molecular flexibility index (Phi) is 4.25. The number of nitrogens with zero attached hydrogens (tertiary/aromatic N) is 2. The summed E-state index contributed by atoms with van der Waals surface area (Å²) in [4.78, 5) is 22.2. The number of halogens is 3. The molecule has 3 aromatic rings. The number of H-pyrrole nitrogens is 1. The lowest BCUT2D eigenvalue weighted by molar-refractivity contribution is -0.120. The minimum atomic E-state index is -0.500. The van der Waals surface area contributed by atoms with Gasteiger partial charge in [0, 0.05) is 16.6 Å². The number of fused-ring (bicyclic) bond motifs is 1. The van der Waals surface area contributed by atoms with Crippen LogP contribution < -0.4 is 4.90 Å². The maximum atomic E-state index is 13.5. The maximum Gasteiger partial charge on any atom is 0.227 e. The van der Waals surface area contributed by atoms with Gasteiger partial charge in [-0.3, -0.25) is 4.79 Å². The lowest BCUT2D eigenvalue weighted by Crippen LogP contribution is -2.38. The first-order chi connectivity index (χ1) is 12.0. The number of hydrogen-bond acceptors (Lipinski definition) is 2. The molecular weight excluding hydrogens is 409 g/mol. The second-order valence-electron chi connectivity index (χ2n) is 6.05. The van der Waals surface area contributed by atoms with Gasteiger partial charge in [0.1, 0.15) is 11.6 Å². The van der Waals surface area contributed by atoms with Crippen molar-refractivity contribution in [3.05, 3.63) is 57.5 Å². The lowest BCUT2D eigenvalue weighted by Gasteiger charge is -2.34. The van der Waals surface area contributed by atoms with Gasteiger partial charge in [0.05, 0.1) is 22.1 Å². The van der Waals surface area contributed by atoms with Crippen LogP contribution in [0.15, 0.2) is 40.9 Å². The highest BCUT2D eigenvalue weighted by Gasteiger charge is 2.32. The Hall–Kier alpha value is -1.92. The van der Waals surface area contributed by atoms with Crippen LogP contribution in [0.4, 0.5) is 10.1 Å². The summed E-state index contributed by atoms with van der Waals surface area (Å²) in [6, 6.07) is 9.93. The van der Waals surface area contributed by atoms with Crippen molar-refractivity contribution in [2.24, 2.45) is 0 Å². The number of aromatic amines is 1. The second kappa shape index (κ2) is 6.42. The van der Waals surface area contributed by atoms with Crippen LogP contribution in [0.5, 0.6) is 0 Å². The first-order valence-electron chi connectivity index (χ1n) is 7.95. The van der Waals surface area contributed by atoms with E-state index in [0.29, 0.717) is 12.1 Å². The van der Waals surface area contributed by atoms with E-state index in [1.807, 2.05) is 18.2 Å². The van der Waals surface area contributed by atoms with Gasteiger partial charge < -0.3 is 9.88 Å². The molecule has 0 radical (unpaired) electrons. The molecule has 1 aromatic heterocycles. The minimum absolute atomic E-state index is 0.00293. The maximum absolute atomic E-state index is 13.5. The summed E-state index contributed by atoms with van der Waals surface area (Å²) in [6.45, 7) is 0. The van der Waals surface area contributed by atoms with Gasteiger partial charge in [-0.05, 0) is 49.2 Å². The SMILES string of the molecule is O=C1CCC[C@@H](c2nc3ccc(Br)cc3[nH]2)N1c1ccc(F)c(Cl)c1. The number of amides is 1. The number of hydrogen-bond donors (Lipinski definition) is 1. The monoisotopic (exact) mass is 421 g/mol. The van der Waals surface area contributed by atoms with Gasteiger partial charge in [-0.15, -0.1) is 0 Å². The average Bonchev–Trinajstić information content (AvgIpc) is 3.00. The Morgan fingerprint density at radius 2 is 2.12 bits per heavy atom. The fourth-order valence-electron chi connectivity index (χ4n) is 3.25. The van der Waals surface area contributed by atoms with Crippen LogP contribution >= 0.6 is 27.5 Å². The number of aromatic nitrogens is 2. The predicted octanol–water partition coefficient (Wildman–Crippen LogP) is 5.38. The quantitative estimate of drug-likeness (QED) is 0.603. The number of piperidine rings is 1. The van der Waals surface area contributed by atoms with E-state index in [-0.39, 0.29) is 17.0 Å². The molecule has 2 aromatic carbocycles. The third-order valence-electron chi connectivity index (χ3n) is 4.41. The van der Waals surface area contributed by atoms with E-state index < -0.39 is 5.82 Å². The van der Waals surface area contributed by atoms with Crippen LogP contribution in [0.25, 0.3) is 11.0 Å². The summed E-state index contributed by atoms with van der Waals surface area (Å²) in [6.07, 6.45) is 2.02. The Morgan fingerprint density at radius 3 is 2.92 bits per heavy atom. The Morgan fingerprint density at radius 1 is 1.28 bits per heavy atom. The average molecular weight is 423 g/mol. The minimum Gasteiger partial charge on any atom is -0.340 e. The number of imidazole rings is 1. The van der Waals surface area contributed by atoms with Gasteiger partial charge in [0.15, 0.2) is 0 Å². The van der Waals surface area contributed by atoms with Crippen molar-refractivity contribution in [3.8, 4) is 0 Å². The van der Waals surface area contributed by atoms with E-state index in [9.17, 15) is 9.18 Å². The molecule has 0 saturated carbocycles. The topological polar surface area (TPSA) is 49.0 Å². The molecule has 0 spiro atoms. The van der Waals surface area contributed by atoms with Gasteiger partial charge in [-0.1, -0.05) is 27.5 Å². The number of nitrogens with one attached hydrogen (secondary N) is 1. The molecule has 1 aliphatic rings. The summed E-state index contributed by atoms with van der Waals surface area (Å²) in [7, 11) is 0. The van der Waals surface area contributed by atoms with Crippen molar-refractivity contribution in [3.63, 3.8) is 0 Å². The second-order valence-corrected chi connectivity index (χ2v) is 7.38. The number of benzene rings is 2. The third-order valence-corrected chi connectivity index (χ3v) is 5.19. The molecule has 25 heavy (non-hydrogen) atoms. The number of rotatable bonds is 2. The molecule has 7 heteroatoms. The molecule has 1 fully saturated rings. The number of anilines is 1. The lowest BCUT2D eigenvalue weighted by atomic mass is 10.00. The first kappa shape index (κ1) is 16.5. The highest BCUT2D eigenvalue weighted by Crippen LogP contribution is 2.36. The molecule has 0 aliphatic carbocycles. The van der Waals surface area contributed by atoms with Crippen molar-refractivity contribution in [1.82, 2.24) is 9.97 Å². The smallest absolute Gasteiger partial charge is 0.227 e. The van der Waals surface area contributed by atoms with Crippen molar-refractivity contribution in [2.45, 2.75) is 25.3 Å². The van der Waals surface area contributed by atoms with Crippen LogP contribution in [0.3, 0.4) is 0 Å². The molecule has 1 saturated heterocycles. The van der Waals surface area contributed by atoms with E-state index in [2.05, 4.69) is 25.9 Å². The summed E-state index contributed by atoms with van der Waals surface area (Å²) in [5.74, 6) is 0.210. The highest BCUT2D eigenvalue weighted by molar-refractivity contribution is 9.10. The predicted molar refractivity (Wildman–Crippen MR) is 99.3 cm³/mol. The zero-order chi connectivity index (χ0) is 17.6. The molecule has 4 rings (SSSR count). The molecule has 4 nitrogen and oxygen atoms in total. The highest BCUT2D eigenvalue weighted by atomic mass is 79.9. The van der Waals surface area contributed by atoms with Crippen molar-refractivity contribution < 1.29 is 9.18 Å². The Balaban J connectivity index is 1.78. The zero-order valence-electron chi connectivity index (χ0n) is 13.1. The molecule has 1 N–H and O–H groups in total. The Bertz CT molecular complexity index is 974. The van der Waals surface area contributed by atoms with E-state index in [4.69, 9.17) is 11.6 Å². The van der Waals surface area contributed by atoms with E-state index in [1.54, 1.807) is 11.0 Å². The fourth-order valence-corrected chi connectivity index (χ4v) is 3.78. The van der Waals surface area contributed by atoms with E-state index in [0.717, 1.165) is 34.2 Å². The normalized spacial score (nSPS) is 18.1. The third kappa shape index (κ3) is 3.04. The van der Waals surface area contributed by atoms with Crippen LogP contribution in [-0.4, -0.2) is 15.9 Å². The van der Waals surface area contributed by atoms with Crippen LogP contribution in [-0.2, 0) is 4.79 Å². The van der Waals surface area contributed by atoms with Crippen molar-refractivity contribution in [1.29, 1.82) is 0 Å². The van der Waals surface area contributed by atoms with Gasteiger partial charge in [0.25, 0.3) is 0 Å². The number of carbonyl (C=O) groups excluding carboxylic acids is 1. The van der Waals surface area contributed by atoms with Crippen LogP contribution in [0.2, 0.25) is 5.02 Å². The largest absolute Gasteiger partial charge is 0.340 e. The first-order valence-corrected chi connectivity index (χ1v) is 9.12. The standard InChI is InChI=1S/C18H14BrClFN3O/c19-10-4-7-14-15(8-10)23-18(22-14)16-2-1-3-17(25)24(16)11-5-6-13(21)12(20)9-11/h4-9,16H,1-3H2,(H,22,23)/t16-/m0/s1. The molecule has 1 amide bonds. The molecule has 1 atom stereocenters. The fraction of sp³-hybridized carbons (Fsp3) is 0.222. The van der Waals surface area contributed by atoms with Crippen molar-refractivity contribution in [2.75, 3.05) is 4.90 Å². The molecule has 0 bridgehead atoms. The van der Waals surface area contributed by atoms with Gasteiger partial charge >= 0.3 is 0 Å². The molecule has 0 unspecified atom stereocenters. The summed E-state index contributed by atoms with van der Waals surface area (Å²) in [5.41, 5.74) is 2.33. The van der Waals surface area contributed by atoms with Crippen LogP contribution in [0.1, 0.15) is 31.1 Å². The van der Waals surface area contributed by atoms with Crippen molar-refractivity contribution >= 4 is 50.2 Å². The molecule has 1 aliphatic heterocycles. The molecular formula is C18H14BrClFN3O. The van der Waals surface area contributed by atoms with E-state index >= 15 is 0 Å². The molecule has 2 heterocycles. The van der Waals surface area contributed by atoms with E-state index in [1.165, 1.54) is 12.1 Å². The summed E-state index contributed by atoms with van der Waals surface area (Å²) < 4.78 is 14.5. The van der Waals surface area contributed by atoms with Gasteiger partial charge in [-0.2, -0.15) is 0 Å². The summed E-state index contributed by atoms with van der Waals surface area (Å²) in [5, 5.41) is 0.00293.